The van der Waals surface area contributed by atoms with Gasteiger partial charge >= 0.3 is 0 Å². The van der Waals surface area contributed by atoms with Crippen molar-refractivity contribution < 1.29 is 19.4 Å². The number of methoxy groups -OCH3 is 1. The lowest BCUT2D eigenvalue weighted by molar-refractivity contribution is -0.206. The number of Topliss-reactive ketones (excluding diaryl/α,β-unsaturated/α-hetero) is 1. The molecular formula is C23H29NO4. The van der Waals surface area contributed by atoms with Gasteiger partial charge in [0.2, 0.25) is 0 Å². The van der Waals surface area contributed by atoms with Crippen molar-refractivity contribution in [3.05, 3.63) is 23.3 Å². The highest BCUT2D eigenvalue weighted by molar-refractivity contribution is 5.94. The zero-order valence-electron chi connectivity index (χ0n) is 17.0. The van der Waals surface area contributed by atoms with Crippen LogP contribution in [0.25, 0.3) is 0 Å². The zero-order valence-corrected chi connectivity index (χ0v) is 17.0. The van der Waals surface area contributed by atoms with Gasteiger partial charge in [-0.2, -0.15) is 0 Å². The molecule has 2 saturated carbocycles. The number of benzene rings is 1. The third kappa shape index (κ3) is 1.83. The number of aliphatic hydroxyl groups is 1. The van der Waals surface area contributed by atoms with Crippen LogP contribution in [0.3, 0.4) is 0 Å². The van der Waals surface area contributed by atoms with Gasteiger partial charge in [0.1, 0.15) is 0 Å². The van der Waals surface area contributed by atoms with Crippen molar-refractivity contribution >= 4 is 5.78 Å². The molecular weight excluding hydrogens is 354 g/mol. The molecule has 4 atom stereocenters. The summed E-state index contributed by atoms with van der Waals surface area (Å²) in [5.41, 5.74) is 0.0945. The van der Waals surface area contributed by atoms with Crippen molar-refractivity contribution in [1.29, 1.82) is 0 Å². The molecule has 5 nitrogen and oxygen atoms in total. The minimum absolute atomic E-state index is 0.0483. The molecule has 28 heavy (non-hydrogen) atoms. The van der Waals surface area contributed by atoms with Gasteiger partial charge in [-0.3, -0.25) is 9.69 Å². The van der Waals surface area contributed by atoms with E-state index in [9.17, 15) is 9.90 Å². The van der Waals surface area contributed by atoms with Crippen molar-refractivity contribution in [3.63, 3.8) is 0 Å². The van der Waals surface area contributed by atoms with Gasteiger partial charge in [0.25, 0.3) is 0 Å². The van der Waals surface area contributed by atoms with E-state index in [1.54, 1.807) is 7.11 Å². The fourth-order valence-electron chi connectivity index (χ4n) is 6.91. The number of carbonyl (C=O) groups is 1. The van der Waals surface area contributed by atoms with Crippen LogP contribution in [0.2, 0.25) is 0 Å². The minimum Gasteiger partial charge on any atom is -0.493 e. The number of ketones is 1. The van der Waals surface area contributed by atoms with Gasteiger partial charge in [-0.15, -0.1) is 0 Å². The van der Waals surface area contributed by atoms with Gasteiger partial charge in [0, 0.05) is 23.6 Å². The highest BCUT2D eigenvalue weighted by Gasteiger charge is 2.76. The molecule has 0 unspecified atom stereocenters. The van der Waals surface area contributed by atoms with Crippen molar-refractivity contribution in [2.45, 2.75) is 69.1 Å². The summed E-state index contributed by atoms with van der Waals surface area (Å²) in [7, 11) is 1.64. The molecule has 0 aromatic heterocycles. The molecule has 2 bridgehead atoms. The highest BCUT2D eigenvalue weighted by Crippen LogP contribution is 2.67. The Balaban J connectivity index is 1.59. The van der Waals surface area contributed by atoms with Crippen LogP contribution in [-0.4, -0.2) is 53.7 Å². The first-order valence-corrected chi connectivity index (χ1v) is 10.7. The SMILES string of the molecule is COc1ccc2c3c1O[C@H]1C(=O)C(C)(C)C[C@@]4(O)[C@@H](C2)N(CC2CC2)CC[C@]314. The molecule has 1 spiro atoms. The Bertz CT molecular complexity index is 891. The fraction of sp³-hybridized carbons (Fsp3) is 0.696. The maximum Gasteiger partial charge on any atom is 0.180 e. The molecule has 3 aliphatic carbocycles. The van der Waals surface area contributed by atoms with E-state index in [1.165, 1.54) is 18.4 Å². The molecule has 1 N–H and O–H groups in total. The summed E-state index contributed by atoms with van der Waals surface area (Å²) >= 11 is 0. The first-order chi connectivity index (χ1) is 13.3. The van der Waals surface area contributed by atoms with Gasteiger partial charge in [-0.1, -0.05) is 19.9 Å². The number of rotatable bonds is 3. The molecule has 0 amide bonds. The van der Waals surface area contributed by atoms with Crippen LogP contribution in [0.15, 0.2) is 12.1 Å². The molecule has 1 saturated heterocycles. The second-order valence-corrected chi connectivity index (χ2v) is 10.4. The van der Waals surface area contributed by atoms with Gasteiger partial charge in [-0.05, 0) is 56.2 Å². The largest absolute Gasteiger partial charge is 0.493 e. The van der Waals surface area contributed by atoms with E-state index in [0.717, 1.165) is 37.4 Å². The van der Waals surface area contributed by atoms with Crippen LogP contribution in [-0.2, 0) is 16.6 Å². The Morgan fingerprint density at radius 3 is 2.82 bits per heavy atom. The smallest absolute Gasteiger partial charge is 0.180 e. The third-order valence-corrected chi connectivity index (χ3v) is 8.33. The second-order valence-electron chi connectivity index (χ2n) is 10.4. The first kappa shape index (κ1) is 17.3. The number of carbonyl (C=O) groups excluding carboxylic acids is 1. The Morgan fingerprint density at radius 1 is 1.32 bits per heavy atom. The number of piperidine rings is 1. The van der Waals surface area contributed by atoms with Crippen molar-refractivity contribution in [2.24, 2.45) is 11.3 Å². The summed E-state index contributed by atoms with van der Waals surface area (Å²) in [6, 6.07) is 4.14. The van der Waals surface area contributed by atoms with E-state index in [2.05, 4.69) is 11.0 Å². The fourth-order valence-corrected chi connectivity index (χ4v) is 6.91. The van der Waals surface area contributed by atoms with E-state index < -0.39 is 22.5 Å². The van der Waals surface area contributed by atoms with Crippen LogP contribution in [0.5, 0.6) is 11.5 Å². The van der Waals surface area contributed by atoms with Crippen LogP contribution >= 0.6 is 0 Å². The Morgan fingerprint density at radius 2 is 2.11 bits per heavy atom. The number of nitrogens with zero attached hydrogens (tertiary/aromatic N) is 1. The lowest BCUT2D eigenvalue weighted by atomic mass is 9.45. The topological polar surface area (TPSA) is 59.0 Å². The average molecular weight is 383 g/mol. The zero-order chi connectivity index (χ0) is 19.5. The van der Waals surface area contributed by atoms with Gasteiger partial charge in [0.15, 0.2) is 23.4 Å². The molecule has 6 rings (SSSR count). The van der Waals surface area contributed by atoms with Crippen LogP contribution in [0, 0.1) is 11.3 Å². The van der Waals surface area contributed by atoms with Crippen LogP contribution in [0.1, 0.15) is 50.7 Å². The van der Waals surface area contributed by atoms with E-state index in [-0.39, 0.29) is 11.8 Å². The van der Waals surface area contributed by atoms with Crippen LogP contribution in [0.4, 0.5) is 0 Å². The summed E-state index contributed by atoms with van der Waals surface area (Å²) < 4.78 is 12.0. The Hall–Kier alpha value is -1.59. The van der Waals surface area contributed by atoms with Crippen molar-refractivity contribution in [2.75, 3.05) is 20.2 Å². The highest BCUT2D eigenvalue weighted by atomic mass is 16.5. The molecule has 3 fully saturated rings. The summed E-state index contributed by atoms with van der Waals surface area (Å²) in [5, 5.41) is 12.4. The standard InChI is InChI=1S/C23H29NO4/c1-21(2)12-23(26)16-10-14-6-7-15(27-3)18-17(14)22(23,20(28-18)19(21)25)8-9-24(16)11-13-4-5-13/h6-7,13,16,20,26H,4-5,8-12H2,1-3H3/t16-,20+,22+,23-/m1/s1. The van der Waals surface area contributed by atoms with E-state index in [4.69, 9.17) is 9.47 Å². The monoisotopic (exact) mass is 383 g/mol. The summed E-state index contributed by atoms with van der Waals surface area (Å²) in [6.45, 7) is 5.94. The molecule has 150 valence electrons. The van der Waals surface area contributed by atoms with Gasteiger partial charge in [-0.25, -0.2) is 0 Å². The summed E-state index contributed by atoms with van der Waals surface area (Å²) in [4.78, 5) is 16.0. The molecule has 2 aliphatic heterocycles. The number of likely N-dealkylation sites (tertiary alicyclic amines) is 1. The van der Waals surface area contributed by atoms with Crippen LogP contribution < -0.4 is 9.47 Å². The second kappa shape index (κ2) is 5.11. The number of hydrogen-bond donors (Lipinski definition) is 1. The minimum atomic E-state index is -0.952. The molecule has 5 heteroatoms. The first-order valence-electron chi connectivity index (χ1n) is 10.7. The predicted molar refractivity (Wildman–Crippen MR) is 104 cm³/mol. The van der Waals surface area contributed by atoms with E-state index >= 15 is 0 Å². The van der Waals surface area contributed by atoms with Crippen molar-refractivity contribution in [3.8, 4) is 11.5 Å². The van der Waals surface area contributed by atoms with Gasteiger partial charge in [0.05, 0.1) is 18.1 Å². The lowest BCUT2D eigenvalue weighted by Crippen LogP contribution is -2.79. The van der Waals surface area contributed by atoms with Crippen molar-refractivity contribution in [1.82, 2.24) is 4.90 Å². The van der Waals surface area contributed by atoms with E-state index in [0.29, 0.717) is 17.9 Å². The molecule has 1 aromatic carbocycles. The average Bonchev–Trinajstić information content (AvgIpc) is 3.38. The van der Waals surface area contributed by atoms with Gasteiger partial charge < -0.3 is 14.6 Å². The lowest BCUT2D eigenvalue weighted by Gasteiger charge is -2.64. The number of ether oxygens (including phenoxy) is 2. The maximum atomic E-state index is 13.5. The molecule has 1 aromatic rings. The molecule has 5 aliphatic rings. The maximum absolute atomic E-state index is 13.5. The van der Waals surface area contributed by atoms with E-state index in [1.807, 2.05) is 19.9 Å². The summed E-state index contributed by atoms with van der Waals surface area (Å²) in [5.74, 6) is 2.27. The summed E-state index contributed by atoms with van der Waals surface area (Å²) in [6.07, 6.45) is 4.09. The third-order valence-electron chi connectivity index (χ3n) is 8.33. The Kier molecular flexibility index (Phi) is 3.16. The Labute approximate surface area is 166 Å². The molecule has 0 radical (unpaired) electrons. The quantitative estimate of drug-likeness (QED) is 0.869. The normalized spacial score (nSPS) is 40.1. The predicted octanol–water partition coefficient (Wildman–Crippen LogP) is 2.46. The number of hydrogen-bond acceptors (Lipinski definition) is 5. The molecule has 2 heterocycles.